The summed E-state index contributed by atoms with van der Waals surface area (Å²) in [5.74, 6) is -0.892. The second-order valence-corrected chi connectivity index (χ2v) is 9.77. The average Bonchev–Trinajstić information content (AvgIpc) is 3.03. The Hall–Kier alpha value is -4.49. The number of nitrogens with zero attached hydrogens (tertiary/aromatic N) is 2. The summed E-state index contributed by atoms with van der Waals surface area (Å²) >= 11 is 6.19. The smallest absolute Gasteiger partial charge is 0.336 e. The lowest BCUT2D eigenvalue weighted by Crippen LogP contribution is -2.45. The number of fused-ring (bicyclic) bond motifs is 1. The van der Waals surface area contributed by atoms with Crippen molar-refractivity contribution in [2.75, 3.05) is 7.11 Å². The molecule has 4 aromatic rings. The Balaban J connectivity index is 1.58. The third-order valence-electron chi connectivity index (χ3n) is 6.85. The standard InChI is InChI=1S/C31H25ClN2O5/c1-39-24-7-4-5-20(15-24)27-13-19(8-10-26(27)31(37)38)18-34-28(17-23-6-2-3-12-33-23)29(35)16-21-14-22(32)9-11-25(21)30(34)36/h2-15,28H,16-18H2,1H3,(H,37,38)/t28-/m1/s1. The van der Waals surface area contributed by atoms with E-state index in [4.69, 9.17) is 16.3 Å². The van der Waals surface area contributed by atoms with Gasteiger partial charge in [0.15, 0.2) is 5.78 Å². The second-order valence-electron chi connectivity index (χ2n) is 9.34. The maximum atomic E-state index is 13.9. The molecule has 0 aliphatic carbocycles. The largest absolute Gasteiger partial charge is 0.497 e. The lowest BCUT2D eigenvalue weighted by Gasteiger charge is -2.29. The van der Waals surface area contributed by atoms with Gasteiger partial charge in [-0.25, -0.2) is 4.79 Å². The number of hydrogen-bond acceptors (Lipinski definition) is 5. The van der Waals surface area contributed by atoms with Crippen LogP contribution in [0.2, 0.25) is 5.02 Å². The van der Waals surface area contributed by atoms with Crippen molar-refractivity contribution < 1.29 is 24.2 Å². The number of hydrogen-bond donors (Lipinski definition) is 1. The van der Waals surface area contributed by atoms with Gasteiger partial charge in [0.2, 0.25) is 0 Å². The molecule has 5 rings (SSSR count). The molecule has 0 bridgehead atoms. The number of ether oxygens (including phenoxy) is 1. The number of Topliss-reactive ketones (excluding diaryl/α,β-unsaturated/α-hetero) is 1. The Labute approximate surface area is 230 Å². The number of carbonyl (C=O) groups is 3. The number of benzene rings is 3. The number of halogens is 1. The molecule has 1 aliphatic heterocycles. The number of rotatable bonds is 7. The zero-order chi connectivity index (χ0) is 27.5. The molecule has 39 heavy (non-hydrogen) atoms. The molecule has 0 fully saturated rings. The molecule has 0 saturated carbocycles. The first-order chi connectivity index (χ1) is 18.8. The highest BCUT2D eigenvalue weighted by atomic mass is 35.5. The maximum Gasteiger partial charge on any atom is 0.336 e. The number of amides is 1. The molecular weight excluding hydrogens is 516 g/mol. The van der Waals surface area contributed by atoms with E-state index in [2.05, 4.69) is 4.98 Å². The van der Waals surface area contributed by atoms with E-state index in [1.807, 2.05) is 12.1 Å². The van der Waals surface area contributed by atoms with Gasteiger partial charge in [0, 0.05) is 41.9 Å². The number of carboxylic acid groups (broad SMARTS) is 1. The number of pyridine rings is 1. The average molecular weight is 541 g/mol. The number of carboxylic acids is 1. The lowest BCUT2D eigenvalue weighted by atomic mass is 9.96. The minimum absolute atomic E-state index is 0.0721. The van der Waals surface area contributed by atoms with Crippen molar-refractivity contribution in [1.29, 1.82) is 0 Å². The van der Waals surface area contributed by atoms with Gasteiger partial charge < -0.3 is 14.7 Å². The van der Waals surface area contributed by atoms with Gasteiger partial charge >= 0.3 is 5.97 Å². The first-order valence-corrected chi connectivity index (χ1v) is 12.7. The number of carbonyl (C=O) groups excluding carboxylic acids is 2. The summed E-state index contributed by atoms with van der Waals surface area (Å²) in [5, 5.41) is 10.3. The van der Waals surface area contributed by atoms with Gasteiger partial charge in [-0.3, -0.25) is 14.6 Å². The Morgan fingerprint density at radius 3 is 2.62 bits per heavy atom. The number of ketones is 1. The fourth-order valence-corrected chi connectivity index (χ4v) is 5.11. The molecule has 0 unspecified atom stereocenters. The van der Waals surface area contributed by atoms with Crippen LogP contribution in [-0.2, 0) is 24.2 Å². The van der Waals surface area contributed by atoms with Crippen LogP contribution in [0.4, 0.5) is 0 Å². The zero-order valence-corrected chi connectivity index (χ0v) is 21.9. The van der Waals surface area contributed by atoms with Crippen molar-refractivity contribution in [2.45, 2.75) is 25.4 Å². The van der Waals surface area contributed by atoms with E-state index in [0.29, 0.717) is 44.3 Å². The minimum atomic E-state index is -1.07. The van der Waals surface area contributed by atoms with E-state index < -0.39 is 12.0 Å². The van der Waals surface area contributed by atoms with E-state index in [0.717, 1.165) is 0 Å². The summed E-state index contributed by atoms with van der Waals surface area (Å²) in [6, 6.07) is 21.7. The van der Waals surface area contributed by atoms with Crippen molar-refractivity contribution in [3.05, 3.63) is 118 Å². The molecule has 196 valence electrons. The third-order valence-corrected chi connectivity index (χ3v) is 7.08. The fraction of sp³-hybridized carbons (Fsp3) is 0.161. The molecular formula is C31H25ClN2O5. The summed E-state index contributed by atoms with van der Waals surface area (Å²) in [5.41, 5.74) is 3.65. The SMILES string of the molecule is COc1cccc(-c2cc(CN3C(=O)c4ccc(Cl)cc4CC(=O)[C@H]3Cc3ccccn3)ccc2C(=O)O)c1. The first-order valence-electron chi connectivity index (χ1n) is 12.4. The molecule has 8 heteroatoms. The predicted molar refractivity (Wildman–Crippen MR) is 147 cm³/mol. The van der Waals surface area contributed by atoms with E-state index in [-0.39, 0.29) is 36.6 Å². The molecule has 0 saturated heterocycles. The highest BCUT2D eigenvalue weighted by Gasteiger charge is 2.36. The van der Waals surface area contributed by atoms with Gasteiger partial charge in [-0.15, -0.1) is 0 Å². The molecule has 1 amide bonds. The summed E-state index contributed by atoms with van der Waals surface area (Å²) in [4.78, 5) is 45.5. The van der Waals surface area contributed by atoms with Gasteiger partial charge in [-0.05, 0) is 76.9 Å². The molecule has 7 nitrogen and oxygen atoms in total. The van der Waals surface area contributed by atoms with E-state index in [1.54, 1.807) is 78.9 Å². The molecule has 1 aromatic heterocycles. The van der Waals surface area contributed by atoms with E-state index in [1.165, 1.54) is 6.07 Å². The van der Waals surface area contributed by atoms with Crippen molar-refractivity contribution >= 4 is 29.3 Å². The third kappa shape index (κ3) is 5.54. The van der Waals surface area contributed by atoms with Crippen molar-refractivity contribution in [2.24, 2.45) is 0 Å². The number of methoxy groups -OCH3 is 1. The van der Waals surface area contributed by atoms with Crippen LogP contribution in [0, 0.1) is 0 Å². The number of aromatic nitrogens is 1. The van der Waals surface area contributed by atoms with Gasteiger partial charge in [0.1, 0.15) is 5.75 Å². The summed E-state index contributed by atoms with van der Waals surface area (Å²) in [7, 11) is 1.54. The van der Waals surface area contributed by atoms with Gasteiger partial charge in [0.25, 0.3) is 5.91 Å². The van der Waals surface area contributed by atoms with Gasteiger partial charge in [-0.1, -0.05) is 35.9 Å². The van der Waals surface area contributed by atoms with Crippen LogP contribution < -0.4 is 4.74 Å². The maximum absolute atomic E-state index is 13.9. The topological polar surface area (TPSA) is 96.8 Å². The summed E-state index contributed by atoms with van der Waals surface area (Å²) < 4.78 is 5.33. The fourth-order valence-electron chi connectivity index (χ4n) is 4.92. The lowest BCUT2D eigenvalue weighted by molar-refractivity contribution is -0.122. The Morgan fingerprint density at radius 2 is 1.87 bits per heavy atom. The highest BCUT2D eigenvalue weighted by molar-refractivity contribution is 6.30. The van der Waals surface area contributed by atoms with Crippen LogP contribution in [0.5, 0.6) is 5.75 Å². The quantitative estimate of drug-likeness (QED) is 0.333. The highest BCUT2D eigenvalue weighted by Crippen LogP contribution is 2.31. The summed E-state index contributed by atoms with van der Waals surface area (Å²) in [6.07, 6.45) is 1.98. The van der Waals surface area contributed by atoms with Gasteiger partial charge in [0.05, 0.1) is 18.7 Å². The minimum Gasteiger partial charge on any atom is -0.497 e. The van der Waals surface area contributed by atoms with Gasteiger partial charge in [-0.2, -0.15) is 0 Å². The Kier molecular flexibility index (Phi) is 7.43. The molecule has 1 N–H and O–H groups in total. The normalized spacial score (nSPS) is 15.0. The van der Waals surface area contributed by atoms with E-state index >= 15 is 0 Å². The molecule has 1 aliphatic rings. The molecule has 0 spiro atoms. The van der Waals surface area contributed by atoms with Crippen LogP contribution in [0.3, 0.4) is 0 Å². The molecule has 1 atom stereocenters. The van der Waals surface area contributed by atoms with Crippen LogP contribution in [-0.4, -0.2) is 45.8 Å². The molecule has 3 aromatic carbocycles. The summed E-state index contributed by atoms with van der Waals surface area (Å²) in [6.45, 7) is 0.0982. The monoisotopic (exact) mass is 540 g/mol. The zero-order valence-electron chi connectivity index (χ0n) is 21.1. The van der Waals surface area contributed by atoms with Crippen molar-refractivity contribution in [3.8, 4) is 16.9 Å². The first kappa shape index (κ1) is 26.1. The van der Waals surface area contributed by atoms with Crippen LogP contribution in [0.25, 0.3) is 11.1 Å². The molecule has 0 radical (unpaired) electrons. The number of aromatic carboxylic acids is 1. The Bertz CT molecular complexity index is 1570. The van der Waals surface area contributed by atoms with Crippen molar-refractivity contribution in [1.82, 2.24) is 9.88 Å². The van der Waals surface area contributed by atoms with Crippen molar-refractivity contribution in [3.63, 3.8) is 0 Å². The van der Waals surface area contributed by atoms with Crippen LogP contribution in [0.15, 0.2) is 85.1 Å². The Morgan fingerprint density at radius 1 is 1.03 bits per heavy atom. The predicted octanol–water partition coefficient (Wildman–Crippen LogP) is 5.49. The van der Waals surface area contributed by atoms with Crippen LogP contribution in [0.1, 0.15) is 37.5 Å². The van der Waals surface area contributed by atoms with Crippen LogP contribution >= 0.6 is 11.6 Å². The van der Waals surface area contributed by atoms with E-state index in [9.17, 15) is 19.5 Å². The molecule has 2 heterocycles. The second kappa shape index (κ2) is 11.1.